The Labute approximate surface area is 129 Å². The molecule has 0 amide bonds. The summed E-state index contributed by atoms with van der Waals surface area (Å²) >= 11 is 5.73. The summed E-state index contributed by atoms with van der Waals surface area (Å²) in [6, 6.07) is 7.63. The number of rotatable bonds is 4. The Balaban J connectivity index is 2.34. The van der Waals surface area contributed by atoms with Crippen molar-refractivity contribution < 1.29 is 19.9 Å². The van der Waals surface area contributed by atoms with Crippen molar-refractivity contribution in [3.63, 3.8) is 0 Å². The molecule has 7 nitrogen and oxygen atoms in total. The second-order valence-corrected chi connectivity index (χ2v) is 4.63. The molecule has 0 saturated carbocycles. The van der Waals surface area contributed by atoms with Crippen molar-refractivity contribution in [2.24, 2.45) is 4.99 Å². The third-order valence-electron chi connectivity index (χ3n) is 2.72. The number of hydrogen-bond acceptors (Lipinski definition) is 6. The summed E-state index contributed by atoms with van der Waals surface area (Å²) in [4.78, 5) is 24.5. The Morgan fingerprint density at radius 1 is 1.23 bits per heavy atom. The molecule has 2 aromatic rings. The molecule has 0 aliphatic heterocycles. The Bertz CT molecular complexity index is 772. The van der Waals surface area contributed by atoms with Gasteiger partial charge in [-0.25, -0.2) is 0 Å². The van der Waals surface area contributed by atoms with E-state index in [-0.39, 0.29) is 16.1 Å². The predicted molar refractivity (Wildman–Crippen MR) is 75.6 cm³/mol. The fourth-order valence-electron chi connectivity index (χ4n) is 1.66. The van der Waals surface area contributed by atoms with Crippen LogP contribution >= 0.6 is 11.6 Å². The van der Waals surface area contributed by atoms with Crippen LogP contribution in [0.5, 0.6) is 5.75 Å². The van der Waals surface area contributed by atoms with Crippen molar-refractivity contribution in [3.05, 3.63) is 62.7 Å². The Morgan fingerprint density at radius 2 is 1.86 bits per heavy atom. The van der Waals surface area contributed by atoms with Crippen molar-refractivity contribution in [2.45, 2.75) is 0 Å². The van der Waals surface area contributed by atoms with E-state index in [1.54, 1.807) is 0 Å². The standard InChI is InChI=1S/C14H9ClN2O5/c15-10-5-9(13(18)12(6-10)17(21)22)7-16-11-3-1-8(2-4-11)14(19)20/h1-7,18H,(H,19,20)/p-2. The van der Waals surface area contributed by atoms with Gasteiger partial charge in [-0.2, -0.15) is 0 Å². The van der Waals surface area contributed by atoms with Crippen LogP contribution in [0.3, 0.4) is 0 Å². The topological polar surface area (TPSA) is 119 Å². The van der Waals surface area contributed by atoms with Gasteiger partial charge in [0.25, 0.3) is 5.69 Å². The Hall–Kier alpha value is -2.93. The van der Waals surface area contributed by atoms with Gasteiger partial charge in [-0.1, -0.05) is 23.7 Å². The molecule has 0 atom stereocenters. The molecule has 0 bridgehead atoms. The van der Waals surface area contributed by atoms with Crippen LogP contribution in [-0.4, -0.2) is 17.1 Å². The van der Waals surface area contributed by atoms with Crippen LogP contribution in [0.2, 0.25) is 5.02 Å². The van der Waals surface area contributed by atoms with Crippen LogP contribution in [0, 0.1) is 10.1 Å². The lowest BCUT2D eigenvalue weighted by Crippen LogP contribution is -2.21. The largest absolute Gasteiger partial charge is 0.867 e. The first kappa shape index (κ1) is 15.5. The lowest BCUT2D eigenvalue weighted by atomic mass is 10.2. The minimum atomic E-state index is -1.32. The maximum atomic E-state index is 11.8. The number of nitro groups is 1. The zero-order valence-corrected chi connectivity index (χ0v) is 11.6. The SMILES string of the molecule is O=C([O-])c1ccc(N=Cc2cc(Cl)cc([N+](=O)[O-])c2[O-])cc1. The molecule has 0 aliphatic rings. The first-order chi connectivity index (χ1) is 10.4. The molecule has 8 heteroatoms. The highest BCUT2D eigenvalue weighted by molar-refractivity contribution is 6.31. The molecular weight excluding hydrogens is 312 g/mol. The molecule has 22 heavy (non-hydrogen) atoms. The van der Waals surface area contributed by atoms with Crippen molar-refractivity contribution in [2.75, 3.05) is 0 Å². The average Bonchev–Trinajstić information content (AvgIpc) is 2.47. The van der Waals surface area contributed by atoms with Crippen LogP contribution in [0.25, 0.3) is 0 Å². The number of halogens is 1. The Kier molecular flexibility index (Phi) is 4.38. The molecule has 0 fully saturated rings. The fraction of sp³-hybridized carbons (Fsp3) is 0. The first-order valence-electron chi connectivity index (χ1n) is 5.89. The number of carboxylic acids is 1. The zero-order chi connectivity index (χ0) is 16.3. The summed E-state index contributed by atoms with van der Waals surface area (Å²) in [5.74, 6) is -2.12. The van der Waals surface area contributed by atoms with Gasteiger partial charge < -0.3 is 15.0 Å². The average molecular weight is 319 g/mol. The van der Waals surface area contributed by atoms with Crippen LogP contribution in [-0.2, 0) is 0 Å². The number of benzene rings is 2. The van der Waals surface area contributed by atoms with Crippen molar-refractivity contribution >= 4 is 35.2 Å². The second-order valence-electron chi connectivity index (χ2n) is 4.19. The third kappa shape index (κ3) is 3.39. The maximum absolute atomic E-state index is 11.8. The lowest BCUT2D eigenvalue weighted by Gasteiger charge is -2.10. The molecule has 0 N–H and O–H groups in total. The number of aromatic carboxylic acids is 1. The number of carbonyl (C=O) groups is 1. The van der Waals surface area contributed by atoms with Gasteiger partial charge in [0.05, 0.1) is 16.6 Å². The fourth-order valence-corrected chi connectivity index (χ4v) is 1.88. The van der Waals surface area contributed by atoms with Gasteiger partial charge in [-0.3, -0.25) is 15.1 Å². The minimum Gasteiger partial charge on any atom is -0.867 e. The quantitative estimate of drug-likeness (QED) is 0.480. The summed E-state index contributed by atoms with van der Waals surface area (Å²) < 4.78 is 0. The highest BCUT2D eigenvalue weighted by Gasteiger charge is 2.11. The number of aliphatic imine (C=N–C) groups is 1. The van der Waals surface area contributed by atoms with E-state index in [2.05, 4.69) is 4.99 Å². The smallest absolute Gasteiger partial charge is 0.263 e. The number of nitrogens with zero attached hydrogens (tertiary/aromatic N) is 2. The van der Waals surface area contributed by atoms with Crippen LogP contribution in [0.4, 0.5) is 11.4 Å². The summed E-state index contributed by atoms with van der Waals surface area (Å²) in [5.41, 5.74) is -0.321. The monoisotopic (exact) mass is 318 g/mol. The number of hydrogen-bond donors (Lipinski definition) is 0. The maximum Gasteiger partial charge on any atom is 0.263 e. The van der Waals surface area contributed by atoms with Crippen molar-refractivity contribution in [1.29, 1.82) is 0 Å². The molecule has 0 saturated heterocycles. The van der Waals surface area contributed by atoms with E-state index in [4.69, 9.17) is 11.6 Å². The Morgan fingerprint density at radius 3 is 2.41 bits per heavy atom. The number of carboxylic acid groups (broad SMARTS) is 1. The number of nitro benzene ring substituents is 1. The first-order valence-corrected chi connectivity index (χ1v) is 6.26. The summed E-state index contributed by atoms with van der Waals surface area (Å²) in [6.07, 6.45) is 1.13. The normalized spacial score (nSPS) is 10.8. The predicted octanol–water partition coefficient (Wildman–Crippen LogP) is 1.44. The molecule has 0 heterocycles. The molecular formula is C14H7ClN2O5-2. The number of carbonyl (C=O) groups excluding carboxylic acids is 1. The van der Waals surface area contributed by atoms with Gasteiger partial charge in [-0.05, 0) is 35.1 Å². The molecule has 0 aromatic heterocycles. The lowest BCUT2D eigenvalue weighted by molar-refractivity contribution is -0.398. The van der Waals surface area contributed by atoms with E-state index < -0.39 is 22.3 Å². The third-order valence-corrected chi connectivity index (χ3v) is 2.93. The highest BCUT2D eigenvalue weighted by atomic mass is 35.5. The minimum absolute atomic E-state index is 0.0122. The molecule has 0 radical (unpaired) electrons. The van der Waals surface area contributed by atoms with Gasteiger partial charge in [0.15, 0.2) is 0 Å². The summed E-state index contributed by atoms with van der Waals surface area (Å²) in [5, 5.41) is 33.2. The van der Waals surface area contributed by atoms with Gasteiger partial charge in [-0.15, -0.1) is 0 Å². The van der Waals surface area contributed by atoms with E-state index in [0.29, 0.717) is 5.69 Å². The van der Waals surface area contributed by atoms with Crippen LogP contribution in [0.1, 0.15) is 15.9 Å². The van der Waals surface area contributed by atoms with Gasteiger partial charge >= 0.3 is 0 Å². The van der Waals surface area contributed by atoms with Gasteiger partial charge in [0.2, 0.25) is 0 Å². The molecule has 2 aromatic carbocycles. The van der Waals surface area contributed by atoms with Gasteiger partial charge in [0.1, 0.15) is 0 Å². The molecule has 0 spiro atoms. The van der Waals surface area contributed by atoms with Crippen molar-refractivity contribution in [1.82, 2.24) is 0 Å². The molecule has 0 unspecified atom stereocenters. The molecule has 112 valence electrons. The van der Waals surface area contributed by atoms with E-state index >= 15 is 0 Å². The summed E-state index contributed by atoms with van der Waals surface area (Å²) in [6.45, 7) is 0. The van der Waals surface area contributed by atoms with E-state index in [1.165, 1.54) is 30.3 Å². The van der Waals surface area contributed by atoms with Gasteiger partial charge in [0, 0.05) is 17.3 Å². The molecule has 2 rings (SSSR count). The molecule has 0 aliphatic carbocycles. The summed E-state index contributed by atoms with van der Waals surface area (Å²) in [7, 11) is 0. The van der Waals surface area contributed by atoms with E-state index in [1.807, 2.05) is 0 Å². The van der Waals surface area contributed by atoms with Crippen LogP contribution < -0.4 is 10.2 Å². The zero-order valence-electron chi connectivity index (χ0n) is 10.9. The second kappa shape index (κ2) is 6.23. The van der Waals surface area contributed by atoms with Crippen molar-refractivity contribution in [3.8, 4) is 5.75 Å². The highest BCUT2D eigenvalue weighted by Crippen LogP contribution is 2.30. The van der Waals surface area contributed by atoms with Crippen LogP contribution in [0.15, 0.2) is 41.4 Å². The van der Waals surface area contributed by atoms with E-state index in [0.717, 1.165) is 12.3 Å². The van der Waals surface area contributed by atoms with E-state index in [9.17, 15) is 25.1 Å².